The summed E-state index contributed by atoms with van der Waals surface area (Å²) in [6.45, 7) is 0.538. The maximum Gasteiger partial charge on any atom is 0.128 e. The van der Waals surface area contributed by atoms with Crippen molar-refractivity contribution in [1.29, 1.82) is 0 Å². The molecule has 0 atom stereocenters. The summed E-state index contributed by atoms with van der Waals surface area (Å²) in [4.78, 5) is 4.15. The van der Waals surface area contributed by atoms with Crippen molar-refractivity contribution in [2.24, 2.45) is 0 Å². The van der Waals surface area contributed by atoms with Crippen LogP contribution in [-0.2, 0) is 6.54 Å². The Morgan fingerprint density at radius 3 is 2.17 bits per heavy atom. The lowest BCUT2D eigenvalue weighted by Gasteiger charge is -2.22. The number of allylic oxidation sites excluding steroid dienone is 6. The van der Waals surface area contributed by atoms with Crippen LogP contribution >= 0.6 is 0 Å². The monoisotopic (exact) mass is 308 g/mol. The molecule has 1 aliphatic carbocycles. The molecule has 2 aliphatic rings. The van der Waals surface area contributed by atoms with Gasteiger partial charge in [-0.1, -0.05) is 42.5 Å². The lowest BCUT2D eigenvalue weighted by Crippen LogP contribution is -2.24. The van der Waals surface area contributed by atoms with Gasteiger partial charge in [-0.3, -0.25) is 4.90 Å². The van der Waals surface area contributed by atoms with E-state index in [1.54, 1.807) is 6.07 Å². The number of nitrogens with zero attached hydrogens (tertiary/aromatic N) is 2. The Balaban J connectivity index is 1.69. The molecule has 0 N–H and O–H groups in total. The van der Waals surface area contributed by atoms with E-state index in [4.69, 9.17) is 0 Å². The van der Waals surface area contributed by atoms with Crippen LogP contribution in [0.15, 0.2) is 84.3 Å². The summed E-state index contributed by atoms with van der Waals surface area (Å²) in [5.41, 5.74) is 3.06. The van der Waals surface area contributed by atoms with Crippen LogP contribution in [0.4, 0.5) is 4.39 Å². The minimum Gasteiger partial charge on any atom is -0.350 e. The number of rotatable bonds is 3. The number of likely N-dealkylation sites (N-methyl/N-ethyl adjacent to an activating group) is 1. The Bertz CT molecular complexity index is 691. The van der Waals surface area contributed by atoms with Crippen molar-refractivity contribution in [3.05, 3.63) is 95.6 Å². The van der Waals surface area contributed by atoms with Crippen LogP contribution in [0, 0.1) is 5.82 Å². The van der Waals surface area contributed by atoms with Gasteiger partial charge in [0.15, 0.2) is 0 Å². The largest absolute Gasteiger partial charge is 0.350 e. The first-order valence-electron chi connectivity index (χ1n) is 7.76. The lowest BCUT2D eigenvalue weighted by atomic mass is 9.99. The molecule has 23 heavy (non-hydrogen) atoms. The van der Waals surface area contributed by atoms with E-state index >= 15 is 0 Å². The van der Waals surface area contributed by atoms with Gasteiger partial charge in [-0.05, 0) is 43.5 Å². The number of hydrogen-bond donors (Lipinski definition) is 0. The molecule has 3 heteroatoms. The lowest BCUT2D eigenvalue weighted by molar-refractivity contribution is 0.390. The second-order valence-corrected chi connectivity index (χ2v) is 5.98. The summed E-state index contributed by atoms with van der Waals surface area (Å²) in [6.07, 6.45) is 16.8. The van der Waals surface area contributed by atoms with Gasteiger partial charge in [0.05, 0.1) is 0 Å². The minimum atomic E-state index is -0.161. The van der Waals surface area contributed by atoms with Crippen molar-refractivity contribution in [2.75, 3.05) is 14.1 Å². The molecule has 0 fully saturated rings. The van der Waals surface area contributed by atoms with Gasteiger partial charge in [0.1, 0.15) is 5.82 Å². The van der Waals surface area contributed by atoms with Gasteiger partial charge in [0, 0.05) is 30.5 Å². The van der Waals surface area contributed by atoms with E-state index in [1.165, 1.54) is 17.2 Å². The first-order valence-corrected chi connectivity index (χ1v) is 7.76. The van der Waals surface area contributed by atoms with E-state index in [2.05, 4.69) is 55.5 Å². The van der Waals surface area contributed by atoms with E-state index in [0.717, 1.165) is 0 Å². The number of halogens is 1. The van der Waals surface area contributed by atoms with Crippen molar-refractivity contribution >= 4 is 0 Å². The topological polar surface area (TPSA) is 6.48 Å². The predicted octanol–water partition coefficient (Wildman–Crippen LogP) is 4.02. The molecule has 0 saturated carbocycles. The number of hydrogen-bond acceptors (Lipinski definition) is 2. The molecular formula is C20H21FN2. The van der Waals surface area contributed by atoms with Crippen LogP contribution in [-0.4, -0.2) is 29.9 Å². The third kappa shape index (κ3) is 3.69. The van der Waals surface area contributed by atoms with Gasteiger partial charge in [-0.2, -0.15) is 0 Å². The Kier molecular flexibility index (Phi) is 4.58. The van der Waals surface area contributed by atoms with Gasteiger partial charge in [0.25, 0.3) is 0 Å². The second kappa shape index (κ2) is 6.80. The summed E-state index contributed by atoms with van der Waals surface area (Å²) in [7, 11) is 4.14. The maximum absolute atomic E-state index is 13.7. The smallest absolute Gasteiger partial charge is 0.128 e. The Hall–Kier alpha value is -2.39. The Morgan fingerprint density at radius 1 is 0.957 bits per heavy atom. The molecule has 0 radical (unpaired) electrons. The normalized spacial score (nSPS) is 20.0. The standard InChI is InChI=1S/C20H21FN2/c1-22(2)19-9-7-16(8-10-19)17-11-13-23(14-12-17)15-18-5-3-4-6-20(18)21/h3-14,19H,15H2,1-2H3. The van der Waals surface area contributed by atoms with Crippen LogP contribution in [0.2, 0.25) is 0 Å². The minimum absolute atomic E-state index is 0.161. The molecule has 0 saturated heterocycles. The summed E-state index contributed by atoms with van der Waals surface area (Å²) < 4.78 is 13.7. The highest BCUT2D eigenvalue weighted by Gasteiger charge is 2.10. The highest BCUT2D eigenvalue weighted by atomic mass is 19.1. The molecule has 0 bridgehead atoms. The second-order valence-electron chi connectivity index (χ2n) is 5.98. The summed E-state index contributed by atoms with van der Waals surface area (Å²) in [6, 6.07) is 7.25. The first-order chi connectivity index (χ1) is 11.1. The molecule has 1 aromatic carbocycles. The summed E-state index contributed by atoms with van der Waals surface area (Å²) in [5, 5.41) is 0. The predicted molar refractivity (Wildman–Crippen MR) is 93.0 cm³/mol. The molecule has 1 aliphatic heterocycles. The van der Waals surface area contributed by atoms with Crippen LogP contribution < -0.4 is 0 Å². The van der Waals surface area contributed by atoms with Gasteiger partial charge in [-0.15, -0.1) is 0 Å². The average molecular weight is 308 g/mol. The van der Waals surface area contributed by atoms with E-state index in [9.17, 15) is 4.39 Å². The van der Waals surface area contributed by atoms with Crippen molar-refractivity contribution < 1.29 is 4.39 Å². The zero-order valence-electron chi connectivity index (χ0n) is 13.5. The molecule has 1 aromatic rings. The Morgan fingerprint density at radius 2 is 1.57 bits per heavy atom. The molecule has 118 valence electrons. The van der Waals surface area contributed by atoms with Gasteiger partial charge in [0.2, 0.25) is 0 Å². The fourth-order valence-corrected chi connectivity index (χ4v) is 2.64. The van der Waals surface area contributed by atoms with Crippen LogP contribution in [0.1, 0.15) is 5.56 Å². The van der Waals surface area contributed by atoms with E-state index < -0.39 is 0 Å². The SMILES string of the molecule is CN(C)C1C=CC(=C2C=CN(Cc3ccccc3F)C=C2)C=C1. The summed E-state index contributed by atoms with van der Waals surface area (Å²) >= 11 is 0. The highest BCUT2D eigenvalue weighted by molar-refractivity contribution is 5.50. The van der Waals surface area contributed by atoms with Gasteiger partial charge in [-0.25, -0.2) is 4.39 Å². The van der Waals surface area contributed by atoms with Crippen LogP contribution in [0.25, 0.3) is 0 Å². The number of benzene rings is 1. The molecule has 2 nitrogen and oxygen atoms in total. The quantitative estimate of drug-likeness (QED) is 0.832. The first kappa shape index (κ1) is 15.5. The molecule has 3 rings (SSSR count). The van der Waals surface area contributed by atoms with E-state index in [0.29, 0.717) is 18.2 Å². The van der Waals surface area contributed by atoms with Crippen molar-refractivity contribution in [2.45, 2.75) is 12.6 Å². The van der Waals surface area contributed by atoms with Crippen molar-refractivity contribution in [3.8, 4) is 0 Å². The third-order valence-electron chi connectivity index (χ3n) is 4.08. The molecule has 0 amide bonds. The molecule has 0 aromatic heterocycles. The van der Waals surface area contributed by atoms with E-state index in [-0.39, 0.29) is 5.82 Å². The van der Waals surface area contributed by atoms with Gasteiger partial charge >= 0.3 is 0 Å². The molecular weight excluding hydrogens is 287 g/mol. The van der Waals surface area contributed by atoms with E-state index in [1.807, 2.05) is 29.4 Å². The zero-order valence-corrected chi connectivity index (χ0v) is 13.5. The fraction of sp³-hybridized carbons (Fsp3) is 0.200. The Labute approximate surface area is 137 Å². The zero-order chi connectivity index (χ0) is 16.2. The molecule has 0 spiro atoms. The summed E-state index contributed by atoms with van der Waals surface area (Å²) in [5.74, 6) is -0.161. The van der Waals surface area contributed by atoms with Crippen molar-refractivity contribution in [1.82, 2.24) is 9.80 Å². The fourth-order valence-electron chi connectivity index (χ4n) is 2.64. The average Bonchev–Trinajstić information content (AvgIpc) is 2.58. The van der Waals surface area contributed by atoms with Gasteiger partial charge < -0.3 is 4.90 Å². The van der Waals surface area contributed by atoms with Crippen LogP contribution in [0.5, 0.6) is 0 Å². The van der Waals surface area contributed by atoms with Crippen LogP contribution in [0.3, 0.4) is 0 Å². The third-order valence-corrected chi connectivity index (χ3v) is 4.08. The molecule has 1 heterocycles. The maximum atomic E-state index is 13.7. The highest BCUT2D eigenvalue weighted by Crippen LogP contribution is 2.21. The molecule has 0 unspecified atom stereocenters. The van der Waals surface area contributed by atoms with Crippen molar-refractivity contribution in [3.63, 3.8) is 0 Å².